The number of hydrogen-bond acceptors (Lipinski definition) is 8. The molecule has 2 amide bonds. The monoisotopic (exact) mass is 409 g/mol. The molecule has 7 N–H and O–H groups in total. The molecule has 1 aromatic carbocycles. The molecule has 11 nitrogen and oxygen atoms in total. The molecular formula is C17H24BN3O8. The average Bonchev–Trinajstić information content (AvgIpc) is 2.62. The Morgan fingerprint density at radius 1 is 1.34 bits per heavy atom. The number of carbonyl (C=O) groups is 3. The maximum Gasteiger partial charge on any atom is 0.451 e. The van der Waals surface area contributed by atoms with E-state index in [1.165, 1.54) is 24.0 Å². The highest BCUT2D eigenvalue weighted by molar-refractivity contribution is 6.41. The van der Waals surface area contributed by atoms with E-state index in [0.717, 1.165) is 0 Å². The molecule has 1 atom stereocenters. The van der Waals surface area contributed by atoms with Crippen molar-refractivity contribution in [3.63, 3.8) is 0 Å². The quantitative estimate of drug-likeness (QED) is 0.255. The Morgan fingerprint density at radius 2 is 2.00 bits per heavy atom. The number of carboxylic acids is 1. The van der Waals surface area contributed by atoms with Crippen molar-refractivity contribution in [3.8, 4) is 11.5 Å². The third-order valence-electron chi connectivity index (χ3n) is 4.50. The molecule has 158 valence electrons. The van der Waals surface area contributed by atoms with E-state index in [2.05, 4.69) is 5.32 Å². The summed E-state index contributed by atoms with van der Waals surface area (Å²) in [6.45, 7) is 1.70. The number of aryl methyl sites for hydroxylation is 1. The number of benzene rings is 1. The largest absolute Gasteiger partial charge is 0.507 e. The molecule has 1 saturated heterocycles. The highest BCUT2D eigenvalue weighted by Crippen LogP contribution is 2.34. The van der Waals surface area contributed by atoms with Crippen LogP contribution in [0.25, 0.3) is 0 Å². The van der Waals surface area contributed by atoms with Gasteiger partial charge in [-0.25, -0.2) is 4.79 Å². The Morgan fingerprint density at radius 3 is 2.55 bits per heavy atom. The zero-order chi connectivity index (χ0) is 21.7. The van der Waals surface area contributed by atoms with Gasteiger partial charge in [-0.1, -0.05) is 6.07 Å². The van der Waals surface area contributed by atoms with E-state index in [4.69, 9.17) is 20.5 Å². The number of carbonyl (C=O) groups excluding carboxylic acids is 2. The fourth-order valence-electron chi connectivity index (χ4n) is 2.92. The highest BCUT2D eigenvalue weighted by atomic mass is 16.5. The normalized spacial score (nSPS) is 14.7. The number of amides is 2. The maximum absolute atomic E-state index is 12.2. The summed E-state index contributed by atoms with van der Waals surface area (Å²) >= 11 is 0. The van der Waals surface area contributed by atoms with E-state index in [-0.39, 0.29) is 49.6 Å². The van der Waals surface area contributed by atoms with Crippen LogP contribution in [-0.4, -0.2) is 81.8 Å². The summed E-state index contributed by atoms with van der Waals surface area (Å²) in [6, 6.07) is 2.09. The predicted octanol–water partition coefficient (Wildman–Crippen LogP) is -1.84. The lowest BCUT2D eigenvalue weighted by molar-refractivity contribution is -0.143. The fraction of sp³-hybridized carbons (Fsp3) is 0.471. The molecule has 1 aliphatic heterocycles. The second-order valence-electron chi connectivity index (χ2n) is 6.75. The van der Waals surface area contributed by atoms with Crippen LogP contribution >= 0.6 is 0 Å². The smallest absolute Gasteiger partial charge is 0.451 e. The van der Waals surface area contributed by atoms with Crippen molar-refractivity contribution in [1.82, 2.24) is 10.2 Å². The van der Waals surface area contributed by atoms with Gasteiger partial charge in [-0.05, 0) is 31.3 Å². The first-order chi connectivity index (χ1) is 13.6. The lowest BCUT2D eigenvalue weighted by Gasteiger charge is -2.40. The number of nitrogens with two attached hydrogens (primary N) is 1. The standard InChI is InChI=1S/C17H24BN3O8/c1-9(20-13(22)6-19)16(24)21-7-11(8-21)29-12-3-2-10(4-5-18(27)28)15(23)14(12)17(25)26/h2-3,9,11,23,27-28H,4-8,19H2,1H3,(H,20,22)(H,25,26)/t9-/m1/s1. The number of aromatic carboxylic acids is 1. The summed E-state index contributed by atoms with van der Waals surface area (Å²) in [5, 5.41) is 40.0. The lowest BCUT2D eigenvalue weighted by Crippen LogP contribution is -2.60. The van der Waals surface area contributed by atoms with Crippen LogP contribution in [0.2, 0.25) is 6.32 Å². The van der Waals surface area contributed by atoms with Crippen LogP contribution in [0.3, 0.4) is 0 Å². The van der Waals surface area contributed by atoms with Gasteiger partial charge in [-0.15, -0.1) is 0 Å². The first-order valence-corrected chi connectivity index (χ1v) is 9.03. The van der Waals surface area contributed by atoms with Gasteiger partial charge in [0.2, 0.25) is 11.8 Å². The average molecular weight is 409 g/mol. The lowest BCUT2D eigenvalue weighted by atomic mass is 9.82. The van der Waals surface area contributed by atoms with Crippen LogP contribution in [0.15, 0.2) is 12.1 Å². The van der Waals surface area contributed by atoms with Gasteiger partial charge in [0.05, 0.1) is 19.6 Å². The highest BCUT2D eigenvalue weighted by Gasteiger charge is 2.36. The molecule has 12 heteroatoms. The first-order valence-electron chi connectivity index (χ1n) is 9.03. The molecular weight excluding hydrogens is 385 g/mol. The zero-order valence-electron chi connectivity index (χ0n) is 15.9. The Hall–Kier alpha value is -2.83. The summed E-state index contributed by atoms with van der Waals surface area (Å²) in [5.74, 6) is -2.71. The van der Waals surface area contributed by atoms with Gasteiger partial charge in [0.1, 0.15) is 29.2 Å². The van der Waals surface area contributed by atoms with Crippen molar-refractivity contribution in [2.24, 2.45) is 5.73 Å². The van der Waals surface area contributed by atoms with Crippen molar-refractivity contribution in [2.45, 2.75) is 31.8 Å². The Labute approximate surface area is 167 Å². The minimum Gasteiger partial charge on any atom is -0.507 e. The Balaban J connectivity index is 2.01. The van der Waals surface area contributed by atoms with E-state index in [1.54, 1.807) is 0 Å². The summed E-state index contributed by atoms with van der Waals surface area (Å²) in [5.41, 5.74) is 5.02. The van der Waals surface area contributed by atoms with Crippen molar-refractivity contribution in [1.29, 1.82) is 0 Å². The fourth-order valence-corrected chi connectivity index (χ4v) is 2.92. The van der Waals surface area contributed by atoms with Gasteiger partial charge in [0.15, 0.2) is 0 Å². The van der Waals surface area contributed by atoms with E-state index >= 15 is 0 Å². The molecule has 1 heterocycles. The van der Waals surface area contributed by atoms with Crippen LogP contribution in [0.5, 0.6) is 11.5 Å². The zero-order valence-corrected chi connectivity index (χ0v) is 15.9. The summed E-state index contributed by atoms with van der Waals surface area (Å²) in [6.07, 6.45) is -0.466. The number of phenols is 1. The van der Waals surface area contributed by atoms with Gasteiger partial charge >= 0.3 is 13.1 Å². The SMILES string of the molecule is C[C@@H](NC(=O)CN)C(=O)N1CC(Oc2ccc(CCB(O)O)c(O)c2C(=O)O)C1. The van der Waals surface area contributed by atoms with Crippen LogP contribution in [-0.2, 0) is 16.0 Å². The molecule has 0 aliphatic carbocycles. The molecule has 29 heavy (non-hydrogen) atoms. The number of carboxylic acid groups (broad SMARTS) is 1. The molecule has 1 fully saturated rings. The van der Waals surface area contributed by atoms with Crippen LogP contribution in [0.4, 0.5) is 0 Å². The molecule has 0 spiro atoms. The molecule has 1 aromatic rings. The van der Waals surface area contributed by atoms with Crippen LogP contribution in [0.1, 0.15) is 22.8 Å². The van der Waals surface area contributed by atoms with Crippen LogP contribution in [0, 0.1) is 0 Å². The van der Waals surface area contributed by atoms with Gasteiger partial charge in [0.25, 0.3) is 0 Å². The summed E-state index contributed by atoms with van der Waals surface area (Å²) in [7, 11) is -1.57. The van der Waals surface area contributed by atoms with Gasteiger partial charge in [-0.2, -0.15) is 0 Å². The van der Waals surface area contributed by atoms with Gasteiger partial charge in [0, 0.05) is 0 Å². The van der Waals surface area contributed by atoms with Gasteiger partial charge in [-0.3, -0.25) is 9.59 Å². The molecule has 0 saturated carbocycles. The first kappa shape index (κ1) is 22.5. The van der Waals surface area contributed by atoms with E-state index in [1.807, 2.05) is 0 Å². The molecule has 0 aromatic heterocycles. The molecule has 0 radical (unpaired) electrons. The second-order valence-corrected chi connectivity index (χ2v) is 6.75. The van der Waals surface area contributed by atoms with Crippen molar-refractivity contribution in [3.05, 3.63) is 23.3 Å². The Bertz CT molecular complexity index is 782. The number of ether oxygens (including phenoxy) is 1. The summed E-state index contributed by atoms with van der Waals surface area (Å²) in [4.78, 5) is 36.5. The maximum atomic E-state index is 12.2. The van der Waals surface area contributed by atoms with Gasteiger partial charge < -0.3 is 40.9 Å². The third kappa shape index (κ3) is 5.59. The topological polar surface area (TPSA) is 183 Å². The van der Waals surface area contributed by atoms with Crippen molar-refractivity contribution < 1.29 is 39.4 Å². The summed E-state index contributed by atoms with van der Waals surface area (Å²) < 4.78 is 5.63. The Kier molecular flexibility index (Phi) is 7.43. The van der Waals surface area contributed by atoms with E-state index in [9.17, 15) is 24.6 Å². The number of nitrogens with one attached hydrogen (secondary N) is 1. The molecule has 0 unspecified atom stereocenters. The van der Waals surface area contributed by atoms with E-state index in [0.29, 0.717) is 0 Å². The number of hydrogen-bond donors (Lipinski definition) is 6. The minimum absolute atomic E-state index is 0.0510. The number of nitrogens with zero attached hydrogens (tertiary/aromatic N) is 1. The molecule has 1 aliphatic rings. The predicted molar refractivity (Wildman–Crippen MR) is 101 cm³/mol. The van der Waals surface area contributed by atoms with Crippen molar-refractivity contribution in [2.75, 3.05) is 19.6 Å². The molecule has 2 rings (SSSR count). The second kappa shape index (κ2) is 9.59. The number of aromatic hydroxyl groups is 1. The third-order valence-corrected chi connectivity index (χ3v) is 4.50. The van der Waals surface area contributed by atoms with E-state index < -0.39 is 42.5 Å². The number of rotatable bonds is 9. The van der Waals surface area contributed by atoms with Crippen molar-refractivity contribution >= 4 is 24.9 Å². The molecule has 0 bridgehead atoms. The van der Waals surface area contributed by atoms with Crippen LogP contribution < -0.4 is 15.8 Å². The number of likely N-dealkylation sites (tertiary alicyclic amines) is 1. The minimum atomic E-state index is -1.57.